The zero-order valence-electron chi connectivity index (χ0n) is 14.2. The molecule has 0 amide bonds. The quantitative estimate of drug-likeness (QED) is 0.813. The van der Waals surface area contributed by atoms with Crippen LogP contribution in [0.25, 0.3) is 0 Å². The van der Waals surface area contributed by atoms with Gasteiger partial charge in [-0.25, -0.2) is 0 Å². The summed E-state index contributed by atoms with van der Waals surface area (Å²) in [6, 6.07) is 0.748. The zero-order valence-corrected chi connectivity index (χ0v) is 14.2. The van der Waals surface area contributed by atoms with Crippen molar-refractivity contribution in [1.29, 1.82) is 0 Å². The Balaban J connectivity index is 1.55. The van der Waals surface area contributed by atoms with Crippen LogP contribution in [0.4, 0.5) is 0 Å². The van der Waals surface area contributed by atoms with Gasteiger partial charge in [-0.2, -0.15) is 0 Å². The predicted octanol–water partition coefficient (Wildman–Crippen LogP) is 4.67. The van der Waals surface area contributed by atoms with Crippen LogP contribution < -0.4 is 5.32 Å². The van der Waals surface area contributed by atoms with Crippen molar-refractivity contribution in [2.75, 3.05) is 6.54 Å². The van der Waals surface area contributed by atoms with E-state index in [1.54, 1.807) is 0 Å². The average molecular weight is 293 g/mol. The molecule has 0 aromatic heterocycles. The molecule has 0 radical (unpaired) electrons. The molecule has 2 aliphatic carbocycles. The molecule has 1 aliphatic heterocycles. The maximum atomic E-state index is 6.63. The summed E-state index contributed by atoms with van der Waals surface area (Å²) in [5.41, 5.74) is 0.302. The lowest BCUT2D eigenvalue weighted by Gasteiger charge is -2.38. The van der Waals surface area contributed by atoms with Gasteiger partial charge in [0.25, 0.3) is 0 Å². The normalized spacial score (nSPS) is 39.7. The summed E-state index contributed by atoms with van der Waals surface area (Å²) in [6.45, 7) is 5.80. The molecule has 4 atom stereocenters. The van der Waals surface area contributed by atoms with Crippen LogP contribution in [0.2, 0.25) is 0 Å². The molecule has 1 saturated heterocycles. The van der Waals surface area contributed by atoms with Gasteiger partial charge in [-0.05, 0) is 69.7 Å². The summed E-state index contributed by atoms with van der Waals surface area (Å²) >= 11 is 0. The summed E-state index contributed by atoms with van der Waals surface area (Å²) in [6.07, 6.45) is 15.6. The van der Waals surface area contributed by atoms with E-state index >= 15 is 0 Å². The number of hydrogen-bond acceptors (Lipinski definition) is 2. The molecule has 1 N–H and O–H groups in total. The van der Waals surface area contributed by atoms with Crippen molar-refractivity contribution in [2.45, 2.75) is 102 Å². The Morgan fingerprint density at radius 1 is 1.05 bits per heavy atom. The molecule has 2 saturated carbocycles. The lowest BCUT2D eigenvalue weighted by Crippen LogP contribution is -2.42. The van der Waals surface area contributed by atoms with Crippen molar-refractivity contribution in [3.8, 4) is 0 Å². The second-order valence-electron chi connectivity index (χ2n) is 8.10. The van der Waals surface area contributed by atoms with Gasteiger partial charge in [-0.15, -0.1) is 0 Å². The molecule has 3 rings (SSSR count). The van der Waals surface area contributed by atoms with Gasteiger partial charge in [0.15, 0.2) is 0 Å². The fourth-order valence-corrected chi connectivity index (χ4v) is 5.25. The zero-order chi connectivity index (χ0) is 14.7. The Bertz CT molecular complexity index is 324. The van der Waals surface area contributed by atoms with E-state index in [-0.39, 0.29) is 0 Å². The Labute approximate surface area is 131 Å². The lowest BCUT2D eigenvalue weighted by atomic mass is 9.76. The molecule has 0 aromatic carbocycles. The Hall–Kier alpha value is -0.0800. The van der Waals surface area contributed by atoms with Crippen LogP contribution in [0, 0.1) is 11.8 Å². The number of ether oxygens (including phenoxy) is 1. The van der Waals surface area contributed by atoms with E-state index in [9.17, 15) is 0 Å². The van der Waals surface area contributed by atoms with E-state index in [0.717, 1.165) is 24.4 Å². The molecular weight excluding hydrogens is 258 g/mol. The van der Waals surface area contributed by atoms with Crippen molar-refractivity contribution in [3.05, 3.63) is 0 Å². The minimum Gasteiger partial charge on any atom is -0.372 e. The Morgan fingerprint density at radius 2 is 1.86 bits per heavy atom. The highest BCUT2D eigenvalue weighted by Crippen LogP contribution is 2.44. The molecule has 1 spiro atoms. The third-order valence-electron chi connectivity index (χ3n) is 6.38. The van der Waals surface area contributed by atoms with Gasteiger partial charge in [-0.3, -0.25) is 0 Å². The number of rotatable bonds is 4. The van der Waals surface area contributed by atoms with Crippen LogP contribution in [0.3, 0.4) is 0 Å². The third-order valence-corrected chi connectivity index (χ3v) is 6.38. The molecule has 2 nitrogen and oxygen atoms in total. The van der Waals surface area contributed by atoms with Crippen LogP contribution in [0.5, 0.6) is 0 Å². The second-order valence-corrected chi connectivity index (χ2v) is 8.10. The van der Waals surface area contributed by atoms with E-state index in [1.165, 1.54) is 70.6 Å². The van der Waals surface area contributed by atoms with Crippen LogP contribution in [-0.4, -0.2) is 24.3 Å². The summed E-state index contributed by atoms with van der Waals surface area (Å²) in [5.74, 6) is 1.76. The fraction of sp³-hybridized carbons (Fsp3) is 1.00. The first-order valence-electron chi connectivity index (χ1n) is 9.62. The second kappa shape index (κ2) is 7.00. The summed E-state index contributed by atoms with van der Waals surface area (Å²) in [5, 5.41) is 3.74. The molecule has 0 aromatic rings. The molecule has 4 unspecified atom stereocenters. The molecule has 3 fully saturated rings. The van der Waals surface area contributed by atoms with Gasteiger partial charge in [0, 0.05) is 6.04 Å². The summed E-state index contributed by atoms with van der Waals surface area (Å²) < 4.78 is 6.63. The van der Waals surface area contributed by atoms with Crippen molar-refractivity contribution in [2.24, 2.45) is 11.8 Å². The molecule has 21 heavy (non-hydrogen) atoms. The standard InChI is InChI=1S/C19H35NO/c1-3-20-18-8-7-15(2)13-16(18)14-17-9-12-19(21-17)10-5-4-6-11-19/h15-18,20H,3-14H2,1-2H3. The topological polar surface area (TPSA) is 21.3 Å². The summed E-state index contributed by atoms with van der Waals surface area (Å²) in [7, 11) is 0. The fourth-order valence-electron chi connectivity index (χ4n) is 5.25. The molecule has 0 bridgehead atoms. The minimum absolute atomic E-state index is 0.302. The maximum absolute atomic E-state index is 6.63. The first-order valence-corrected chi connectivity index (χ1v) is 9.62. The molecule has 122 valence electrons. The number of hydrogen-bond donors (Lipinski definition) is 1. The Kier molecular flexibility index (Phi) is 5.27. The minimum atomic E-state index is 0.302. The first kappa shape index (κ1) is 15.8. The Morgan fingerprint density at radius 3 is 2.62 bits per heavy atom. The van der Waals surface area contributed by atoms with Gasteiger partial charge in [0.2, 0.25) is 0 Å². The van der Waals surface area contributed by atoms with Gasteiger partial charge in [0.1, 0.15) is 0 Å². The van der Waals surface area contributed by atoms with Crippen LogP contribution in [0.1, 0.15) is 84.5 Å². The predicted molar refractivity (Wildman–Crippen MR) is 88.5 cm³/mol. The lowest BCUT2D eigenvalue weighted by molar-refractivity contribution is -0.0730. The third kappa shape index (κ3) is 3.82. The van der Waals surface area contributed by atoms with Crippen LogP contribution in [0.15, 0.2) is 0 Å². The van der Waals surface area contributed by atoms with Crippen LogP contribution >= 0.6 is 0 Å². The summed E-state index contributed by atoms with van der Waals surface area (Å²) in [4.78, 5) is 0. The monoisotopic (exact) mass is 293 g/mol. The molecular formula is C19H35NO. The van der Waals surface area contributed by atoms with Crippen molar-refractivity contribution >= 4 is 0 Å². The van der Waals surface area contributed by atoms with Gasteiger partial charge in [-0.1, -0.05) is 33.1 Å². The average Bonchev–Trinajstić information content (AvgIpc) is 2.85. The SMILES string of the molecule is CCNC1CCC(C)CC1CC1CCC2(CCCCC2)O1. The first-order chi connectivity index (χ1) is 10.2. The maximum Gasteiger partial charge on any atom is 0.0687 e. The van der Waals surface area contributed by atoms with Crippen molar-refractivity contribution < 1.29 is 4.74 Å². The van der Waals surface area contributed by atoms with E-state index in [4.69, 9.17) is 4.74 Å². The van der Waals surface area contributed by atoms with E-state index in [2.05, 4.69) is 19.2 Å². The van der Waals surface area contributed by atoms with Gasteiger partial charge in [0.05, 0.1) is 11.7 Å². The molecule has 3 aliphatic rings. The van der Waals surface area contributed by atoms with Crippen molar-refractivity contribution in [1.82, 2.24) is 5.32 Å². The smallest absolute Gasteiger partial charge is 0.0687 e. The van der Waals surface area contributed by atoms with E-state index in [0.29, 0.717) is 11.7 Å². The van der Waals surface area contributed by atoms with Crippen LogP contribution in [-0.2, 0) is 4.74 Å². The largest absolute Gasteiger partial charge is 0.372 e. The van der Waals surface area contributed by atoms with Crippen molar-refractivity contribution in [3.63, 3.8) is 0 Å². The van der Waals surface area contributed by atoms with Gasteiger partial charge < -0.3 is 10.1 Å². The molecule has 2 heteroatoms. The number of nitrogens with one attached hydrogen (secondary N) is 1. The highest BCUT2D eigenvalue weighted by Gasteiger charge is 2.42. The van der Waals surface area contributed by atoms with E-state index in [1.807, 2.05) is 0 Å². The van der Waals surface area contributed by atoms with Gasteiger partial charge >= 0.3 is 0 Å². The van der Waals surface area contributed by atoms with E-state index < -0.39 is 0 Å². The highest BCUT2D eigenvalue weighted by atomic mass is 16.5. The highest BCUT2D eigenvalue weighted by molar-refractivity contribution is 4.93. The molecule has 1 heterocycles.